The second-order valence-electron chi connectivity index (χ2n) is 8.34. The van der Waals surface area contributed by atoms with Crippen molar-refractivity contribution in [3.63, 3.8) is 0 Å². The average Bonchev–Trinajstić information content (AvgIpc) is 3.11. The summed E-state index contributed by atoms with van der Waals surface area (Å²) in [4.78, 5) is 51.8. The molecule has 4 aromatic rings. The highest BCUT2D eigenvalue weighted by Gasteiger charge is 2.37. The Kier molecular flexibility index (Phi) is 5.81. The van der Waals surface area contributed by atoms with Gasteiger partial charge in [-0.25, -0.2) is 4.79 Å². The second kappa shape index (κ2) is 8.98. The molecule has 9 heteroatoms. The second-order valence-corrected chi connectivity index (χ2v) is 8.75. The summed E-state index contributed by atoms with van der Waals surface area (Å²) in [6, 6.07) is 14.9. The van der Waals surface area contributed by atoms with Crippen molar-refractivity contribution < 1.29 is 28.3 Å². The fraction of sp³-hybridized carbons (Fsp3) is 0.111. The Hall–Kier alpha value is -4.43. The number of imide groups is 1. The molecule has 1 aromatic heterocycles. The zero-order valence-corrected chi connectivity index (χ0v) is 19.9. The van der Waals surface area contributed by atoms with Gasteiger partial charge < -0.3 is 13.9 Å². The molecule has 3 aromatic carbocycles. The molecule has 2 heterocycles. The number of nitrogens with zero attached hydrogens (tertiary/aromatic N) is 1. The number of benzene rings is 3. The summed E-state index contributed by atoms with van der Waals surface area (Å²) in [6.07, 6.45) is 1.16. The summed E-state index contributed by atoms with van der Waals surface area (Å²) in [5, 5.41) is 0.559. The maximum atomic E-state index is 12.8. The maximum Gasteiger partial charge on any atom is 0.343 e. The Bertz CT molecular complexity index is 1620. The Labute approximate surface area is 209 Å². The lowest BCUT2D eigenvalue weighted by atomic mass is 10.1. The molecule has 5 rings (SSSR count). The van der Waals surface area contributed by atoms with Crippen LogP contribution in [-0.4, -0.2) is 28.7 Å². The zero-order valence-electron chi connectivity index (χ0n) is 19.1. The van der Waals surface area contributed by atoms with Crippen LogP contribution in [0, 0.1) is 0 Å². The minimum absolute atomic E-state index is 0.0480. The summed E-state index contributed by atoms with van der Waals surface area (Å²) in [6.45, 7) is 3.47. The summed E-state index contributed by atoms with van der Waals surface area (Å²) in [5.74, 6) is -1.20. The first kappa shape index (κ1) is 23.3. The van der Waals surface area contributed by atoms with Gasteiger partial charge in [0.1, 0.15) is 23.3 Å². The molecule has 0 saturated heterocycles. The van der Waals surface area contributed by atoms with Crippen LogP contribution in [0.3, 0.4) is 0 Å². The first-order valence-corrected chi connectivity index (χ1v) is 11.3. The third-order valence-corrected chi connectivity index (χ3v) is 5.96. The van der Waals surface area contributed by atoms with Gasteiger partial charge in [-0.2, -0.15) is 0 Å². The number of hydrogen-bond donors (Lipinski definition) is 0. The van der Waals surface area contributed by atoms with Gasteiger partial charge in [-0.1, -0.05) is 23.7 Å². The molecule has 0 fully saturated rings. The van der Waals surface area contributed by atoms with Crippen LogP contribution >= 0.6 is 11.6 Å². The van der Waals surface area contributed by atoms with Gasteiger partial charge in [0.15, 0.2) is 0 Å². The van der Waals surface area contributed by atoms with E-state index in [1.54, 1.807) is 38.1 Å². The van der Waals surface area contributed by atoms with Crippen LogP contribution in [-0.2, 0) is 0 Å². The van der Waals surface area contributed by atoms with Gasteiger partial charge in [-0.3, -0.25) is 19.3 Å². The zero-order chi connectivity index (χ0) is 25.6. The Morgan fingerprint density at radius 2 is 1.67 bits per heavy atom. The summed E-state index contributed by atoms with van der Waals surface area (Å²) in [5.41, 5.74) is 0.251. The largest absolute Gasteiger partial charge is 0.460 e. The van der Waals surface area contributed by atoms with Crippen LogP contribution < -0.4 is 14.9 Å². The SMILES string of the molecule is CC(C)N1C(=O)c2ccc(C(=O)Oc3ccc4c(=O)c(Oc5ccccc5Cl)coc4c3)cc2C1=O. The van der Waals surface area contributed by atoms with Gasteiger partial charge in [0.25, 0.3) is 11.8 Å². The van der Waals surface area contributed by atoms with Gasteiger partial charge in [0.2, 0.25) is 11.2 Å². The van der Waals surface area contributed by atoms with Crippen molar-refractivity contribution >= 4 is 40.4 Å². The lowest BCUT2D eigenvalue weighted by Crippen LogP contribution is -2.35. The number of carbonyl (C=O) groups excluding carboxylic acids is 3. The Morgan fingerprint density at radius 1 is 0.917 bits per heavy atom. The van der Waals surface area contributed by atoms with Gasteiger partial charge in [-0.15, -0.1) is 0 Å². The number of fused-ring (bicyclic) bond motifs is 2. The number of rotatable bonds is 5. The van der Waals surface area contributed by atoms with Crippen molar-refractivity contribution in [2.24, 2.45) is 0 Å². The van der Waals surface area contributed by atoms with E-state index in [2.05, 4.69) is 0 Å². The molecule has 180 valence electrons. The monoisotopic (exact) mass is 503 g/mol. The molecule has 0 atom stereocenters. The first-order valence-electron chi connectivity index (χ1n) is 11.0. The van der Waals surface area contributed by atoms with E-state index in [-0.39, 0.29) is 45.2 Å². The Balaban J connectivity index is 1.38. The van der Waals surface area contributed by atoms with Gasteiger partial charge in [-0.05, 0) is 56.3 Å². The van der Waals surface area contributed by atoms with Gasteiger partial charge in [0, 0.05) is 12.1 Å². The highest BCUT2D eigenvalue weighted by molar-refractivity contribution is 6.32. The van der Waals surface area contributed by atoms with Crippen molar-refractivity contribution in [3.05, 3.63) is 98.9 Å². The van der Waals surface area contributed by atoms with Crippen molar-refractivity contribution in [1.82, 2.24) is 4.90 Å². The molecular weight excluding hydrogens is 486 g/mol. The molecule has 2 amide bonds. The van der Waals surface area contributed by atoms with E-state index in [0.717, 1.165) is 11.2 Å². The lowest BCUT2D eigenvalue weighted by molar-refractivity contribution is 0.0608. The number of esters is 1. The Morgan fingerprint density at radius 3 is 2.42 bits per heavy atom. The van der Waals surface area contributed by atoms with Gasteiger partial charge >= 0.3 is 5.97 Å². The number of carbonyl (C=O) groups is 3. The lowest BCUT2D eigenvalue weighted by Gasteiger charge is -2.17. The van der Waals surface area contributed by atoms with Crippen LogP contribution in [0.1, 0.15) is 44.9 Å². The van der Waals surface area contributed by atoms with E-state index in [4.69, 9.17) is 25.5 Å². The number of para-hydroxylation sites is 1. The smallest absolute Gasteiger partial charge is 0.343 e. The normalized spacial score (nSPS) is 12.8. The van der Waals surface area contributed by atoms with E-state index in [1.807, 2.05) is 0 Å². The summed E-state index contributed by atoms with van der Waals surface area (Å²) < 4.78 is 16.6. The van der Waals surface area contributed by atoms with E-state index in [9.17, 15) is 19.2 Å². The third kappa shape index (κ3) is 4.01. The van der Waals surface area contributed by atoms with Crippen molar-refractivity contribution in [2.45, 2.75) is 19.9 Å². The fourth-order valence-corrected chi connectivity index (χ4v) is 4.07. The highest BCUT2D eigenvalue weighted by Crippen LogP contribution is 2.30. The average molecular weight is 504 g/mol. The molecule has 36 heavy (non-hydrogen) atoms. The van der Waals surface area contributed by atoms with Crippen molar-refractivity contribution in [1.29, 1.82) is 0 Å². The highest BCUT2D eigenvalue weighted by atomic mass is 35.5. The van der Waals surface area contributed by atoms with Crippen LogP contribution in [0.15, 0.2) is 76.1 Å². The molecule has 1 aliphatic rings. The molecule has 0 aliphatic carbocycles. The summed E-state index contributed by atoms with van der Waals surface area (Å²) in [7, 11) is 0. The van der Waals surface area contributed by atoms with E-state index < -0.39 is 23.2 Å². The number of hydrogen-bond acceptors (Lipinski definition) is 7. The molecule has 8 nitrogen and oxygen atoms in total. The molecular formula is C27H18ClNO7. The molecule has 0 N–H and O–H groups in total. The third-order valence-electron chi connectivity index (χ3n) is 5.65. The standard InChI is InChI=1S/C27H18ClNO7/c1-14(2)29-25(31)17-9-7-15(11-19(17)26(29)32)27(33)35-16-8-10-18-22(12-16)34-13-23(24(18)30)36-21-6-4-3-5-20(21)28/h3-14H,1-2H3. The van der Waals surface area contributed by atoms with Gasteiger partial charge in [0.05, 0.1) is 27.1 Å². The number of halogens is 1. The fourth-order valence-electron chi connectivity index (χ4n) is 3.89. The predicted molar refractivity (Wildman–Crippen MR) is 131 cm³/mol. The number of amides is 2. The maximum absolute atomic E-state index is 12.8. The van der Waals surface area contributed by atoms with Crippen molar-refractivity contribution in [2.75, 3.05) is 0 Å². The van der Waals surface area contributed by atoms with Crippen LogP contribution in [0.25, 0.3) is 11.0 Å². The van der Waals surface area contributed by atoms with E-state index in [0.29, 0.717) is 10.8 Å². The molecule has 0 radical (unpaired) electrons. The van der Waals surface area contributed by atoms with E-state index in [1.165, 1.54) is 36.4 Å². The minimum atomic E-state index is -0.735. The molecule has 1 aliphatic heterocycles. The molecule has 0 saturated carbocycles. The minimum Gasteiger partial charge on any atom is -0.460 e. The molecule has 0 bridgehead atoms. The summed E-state index contributed by atoms with van der Waals surface area (Å²) >= 11 is 6.09. The van der Waals surface area contributed by atoms with Crippen LogP contribution in [0.5, 0.6) is 17.2 Å². The van der Waals surface area contributed by atoms with Crippen LogP contribution in [0.2, 0.25) is 5.02 Å². The van der Waals surface area contributed by atoms with Crippen molar-refractivity contribution in [3.8, 4) is 17.2 Å². The quantitative estimate of drug-likeness (QED) is 0.202. The molecule has 0 unspecified atom stereocenters. The van der Waals surface area contributed by atoms with E-state index >= 15 is 0 Å². The van der Waals surface area contributed by atoms with Crippen LogP contribution in [0.4, 0.5) is 0 Å². The first-order chi connectivity index (χ1) is 17.2. The topological polar surface area (TPSA) is 103 Å². The molecule has 0 spiro atoms. The predicted octanol–water partition coefficient (Wildman–Crippen LogP) is 5.46. The number of ether oxygens (including phenoxy) is 2.